The van der Waals surface area contributed by atoms with E-state index in [1.807, 2.05) is 26.0 Å². The van der Waals surface area contributed by atoms with Gasteiger partial charge in [-0.25, -0.2) is 4.79 Å². The number of hydrogen-bond donors (Lipinski definition) is 3. The summed E-state index contributed by atoms with van der Waals surface area (Å²) in [7, 11) is 0. The van der Waals surface area contributed by atoms with Crippen molar-refractivity contribution in [1.82, 2.24) is 15.5 Å². The smallest absolute Gasteiger partial charge is 0.408 e. The fourth-order valence-corrected chi connectivity index (χ4v) is 4.12. The highest BCUT2D eigenvalue weighted by Gasteiger charge is 2.39. The van der Waals surface area contributed by atoms with Gasteiger partial charge in [0.15, 0.2) is 0 Å². The van der Waals surface area contributed by atoms with Crippen LogP contribution in [0.1, 0.15) is 97.7 Å². The molecule has 1 aromatic carbocycles. The molecule has 0 aromatic heterocycles. The van der Waals surface area contributed by atoms with Crippen LogP contribution in [-0.2, 0) is 19.1 Å². The van der Waals surface area contributed by atoms with Crippen molar-refractivity contribution in [2.75, 3.05) is 6.54 Å². The van der Waals surface area contributed by atoms with Crippen LogP contribution in [0.5, 0.6) is 0 Å². The number of benzene rings is 1. The molecule has 3 atom stereocenters. The SMILES string of the molecule is C=Cc1cccc(C(C(=O)NCCCC)N(C(=O)C(CC(N)=O)NC(=O)OC(C)(C)C)C(C)CCC(C)C)c1. The van der Waals surface area contributed by atoms with E-state index < -0.39 is 48.1 Å². The number of carbonyl (C=O) groups excluding carboxylic acids is 4. The van der Waals surface area contributed by atoms with Gasteiger partial charge in [0.25, 0.3) is 0 Å². The standard InChI is InChI=1S/C30H48N4O5/c1-9-11-17-32-27(36)26(23-14-12-13-22(10-2)18-23)34(21(5)16-15-20(3)4)28(37)24(19-25(31)35)33-29(38)39-30(6,7)8/h10,12-14,18,20-21,24,26H,2,9,11,15-17,19H2,1,3-8H3,(H2,31,35)(H,32,36)(H,33,38). The first-order valence-electron chi connectivity index (χ1n) is 13.8. The van der Waals surface area contributed by atoms with Crippen LogP contribution in [0.15, 0.2) is 30.8 Å². The summed E-state index contributed by atoms with van der Waals surface area (Å²) in [6.45, 7) is 17.4. The van der Waals surface area contributed by atoms with Crippen molar-refractivity contribution < 1.29 is 23.9 Å². The highest BCUT2D eigenvalue weighted by Crippen LogP contribution is 2.29. The van der Waals surface area contributed by atoms with E-state index in [9.17, 15) is 19.2 Å². The minimum Gasteiger partial charge on any atom is -0.444 e. The first-order valence-corrected chi connectivity index (χ1v) is 13.8. The molecule has 4 N–H and O–H groups in total. The molecule has 0 spiro atoms. The Hall–Kier alpha value is -3.36. The summed E-state index contributed by atoms with van der Waals surface area (Å²) in [5, 5.41) is 5.49. The van der Waals surface area contributed by atoms with Crippen LogP contribution in [0, 0.1) is 5.92 Å². The molecule has 0 radical (unpaired) electrons. The molecule has 218 valence electrons. The summed E-state index contributed by atoms with van der Waals surface area (Å²) in [6, 6.07) is 4.55. The molecule has 0 aliphatic carbocycles. The molecular formula is C30H48N4O5. The lowest BCUT2D eigenvalue weighted by Gasteiger charge is -2.38. The van der Waals surface area contributed by atoms with Crippen molar-refractivity contribution in [3.63, 3.8) is 0 Å². The molecule has 0 saturated carbocycles. The Balaban J connectivity index is 3.65. The number of carbonyl (C=O) groups is 4. The van der Waals surface area contributed by atoms with E-state index >= 15 is 0 Å². The number of alkyl carbamates (subject to hydrolysis) is 1. The molecule has 1 aromatic rings. The topological polar surface area (TPSA) is 131 Å². The molecule has 1 rings (SSSR count). The van der Waals surface area contributed by atoms with Crippen LogP contribution >= 0.6 is 0 Å². The van der Waals surface area contributed by atoms with E-state index in [2.05, 4.69) is 31.1 Å². The van der Waals surface area contributed by atoms with E-state index in [-0.39, 0.29) is 5.91 Å². The Morgan fingerprint density at radius 1 is 1.13 bits per heavy atom. The molecule has 9 heteroatoms. The van der Waals surface area contributed by atoms with Gasteiger partial charge in [-0.05, 0) is 70.1 Å². The van der Waals surface area contributed by atoms with Crippen molar-refractivity contribution in [3.8, 4) is 0 Å². The average molecular weight is 545 g/mol. The number of unbranched alkanes of at least 4 members (excludes halogenated alkanes) is 1. The van der Waals surface area contributed by atoms with E-state index in [0.717, 1.165) is 24.8 Å². The largest absolute Gasteiger partial charge is 0.444 e. The van der Waals surface area contributed by atoms with Crippen LogP contribution in [0.3, 0.4) is 0 Å². The maximum atomic E-state index is 14.2. The molecule has 0 aliphatic heterocycles. The average Bonchev–Trinajstić information content (AvgIpc) is 2.83. The Morgan fingerprint density at radius 3 is 2.33 bits per heavy atom. The molecule has 0 bridgehead atoms. The molecule has 3 unspecified atom stereocenters. The van der Waals surface area contributed by atoms with E-state index in [0.29, 0.717) is 24.4 Å². The van der Waals surface area contributed by atoms with Crippen LogP contribution in [0.2, 0.25) is 0 Å². The molecule has 0 saturated heterocycles. The predicted octanol–water partition coefficient (Wildman–Crippen LogP) is 4.71. The van der Waals surface area contributed by atoms with Crippen molar-refractivity contribution in [2.24, 2.45) is 11.7 Å². The maximum Gasteiger partial charge on any atom is 0.408 e. The Kier molecular flexibility index (Phi) is 13.7. The quantitative estimate of drug-likeness (QED) is 0.275. The summed E-state index contributed by atoms with van der Waals surface area (Å²) in [6.07, 6.45) is 3.47. The molecule has 0 aliphatic rings. The second-order valence-electron chi connectivity index (χ2n) is 11.4. The van der Waals surface area contributed by atoms with Gasteiger partial charge in [0.1, 0.15) is 17.7 Å². The highest BCUT2D eigenvalue weighted by molar-refractivity contribution is 5.94. The third-order valence-corrected chi connectivity index (χ3v) is 6.10. The van der Waals surface area contributed by atoms with E-state index in [4.69, 9.17) is 10.5 Å². The van der Waals surface area contributed by atoms with Crippen LogP contribution < -0.4 is 16.4 Å². The van der Waals surface area contributed by atoms with Gasteiger partial charge in [0, 0.05) is 12.6 Å². The van der Waals surface area contributed by atoms with Gasteiger partial charge in [-0.3, -0.25) is 14.4 Å². The molecule has 39 heavy (non-hydrogen) atoms. The van der Waals surface area contributed by atoms with Gasteiger partial charge >= 0.3 is 6.09 Å². The summed E-state index contributed by atoms with van der Waals surface area (Å²) in [4.78, 5) is 54.1. The van der Waals surface area contributed by atoms with E-state index in [1.54, 1.807) is 39.0 Å². The fourth-order valence-electron chi connectivity index (χ4n) is 4.12. The van der Waals surface area contributed by atoms with Crippen molar-refractivity contribution in [2.45, 2.75) is 104 Å². The van der Waals surface area contributed by atoms with Crippen molar-refractivity contribution in [1.29, 1.82) is 0 Å². The second-order valence-corrected chi connectivity index (χ2v) is 11.4. The van der Waals surface area contributed by atoms with Crippen LogP contribution in [0.4, 0.5) is 4.79 Å². The van der Waals surface area contributed by atoms with Gasteiger partial charge < -0.3 is 26.0 Å². The first-order chi connectivity index (χ1) is 18.2. The molecule has 0 heterocycles. The lowest BCUT2D eigenvalue weighted by molar-refractivity contribution is -0.146. The molecule has 9 nitrogen and oxygen atoms in total. The predicted molar refractivity (Wildman–Crippen MR) is 155 cm³/mol. The summed E-state index contributed by atoms with van der Waals surface area (Å²) >= 11 is 0. The summed E-state index contributed by atoms with van der Waals surface area (Å²) in [5.41, 5.74) is 6.06. The van der Waals surface area contributed by atoms with E-state index in [1.165, 1.54) is 4.90 Å². The van der Waals surface area contributed by atoms with Gasteiger partial charge in [0.05, 0.1) is 6.42 Å². The van der Waals surface area contributed by atoms with Gasteiger partial charge in [-0.2, -0.15) is 0 Å². The van der Waals surface area contributed by atoms with Crippen molar-refractivity contribution in [3.05, 3.63) is 42.0 Å². The number of rotatable bonds is 15. The Morgan fingerprint density at radius 2 is 1.79 bits per heavy atom. The normalized spacial score (nSPS) is 13.6. The molecule has 4 amide bonds. The number of hydrogen-bond acceptors (Lipinski definition) is 5. The third kappa shape index (κ3) is 11.9. The zero-order valence-corrected chi connectivity index (χ0v) is 24.7. The van der Waals surface area contributed by atoms with Crippen molar-refractivity contribution >= 4 is 29.9 Å². The van der Waals surface area contributed by atoms with Crippen LogP contribution in [0.25, 0.3) is 6.08 Å². The van der Waals surface area contributed by atoms with Gasteiger partial charge in [-0.1, -0.05) is 58.0 Å². The highest BCUT2D eigenvalue weighted by atomic mass is 16.6. The number of amides is 4. The molecular weight excluding hydrogens is 496 g/mol. The Bertz CT molecular complexity index is 986. The minimum absolute atomic E-state index is 0.343. The van der Waals surface area contributed by atoms with Crippen LogP contribution in [-0.4, -0.2) is 52.9 Å². The lowest BCUT2D eigenvalue weighted by Crippen LogP contribution is -2.56. The molecule has 0 fully saturated rings. The zero-order chi connectivity index (χ0) is 29.8. The number of nitrogens with two attached hydrogens (primary N) is 1. The maximum absolute atomic E-state index is 14.2. The Labute approximate surface area is 233 Å². The number of ether oxygens (including phenoxy) is 1. The van der Waals surface area contributed by atoms with Gasteiger partial charge in [0.2, 0.25) is 17.7 Å². The lowest BCUT2D eigenvalue weighted by atomic mass is 9.95. The van der Waals surface area contributed by atoms with Gasteiger partial charge in [-0.15, -0.1) is 0 Å². The zero-order valence-electron chi connectivity index (χ0n) is 24.7. The third-order valence-electron chi connectivity index (χ3n) is 6.10. The number of nitrogens with zero attached hydrogens (tertiary/aromatic N) is 1. The fraction of sp³-hybridized carbons (Fsp3) is 0.600. The minimum atomic E-state index is -1.31. The monoisotopic (exact) mass is 544 g/mol. The first kappa shape index (κ1) is 33.7. The summed E-state index contributed by atoms with van der Waals surface area (Å²) in [5.74, 6) is -1.33. The summed E-state index contributed by atoms with van der Waals surface area (Å²) < 4.78 is 5.34. The number of nitrogens with one attached hydrogen (secondary N) is 2. The second kappa shape index (κ2) is 15.9. The number of primary amides is 1.